The monoisotopic (exact) mass is 315 g/mol. The van der Waals surface area contributed by atoms with Gasteiger partial charge in [-0.3, -0.25) is 0 Å². The standard InChI is InChI=1S/C15H25NO2S2/c1-12-6-7-14(19-8-9-20(5,17)18)13(10-12)11-16-15(2,3)4/h6-7,10,16H,8-9,11H2,1-5H3. The summed E-state index contributed by atoms with van der Waals surface area (Å²) in [5, 5.41) is 3.48. The maximum Gasteiger partial charge on any atom is 0.148 e. The normalized spacial score (nSPS) is 12.7. The number of hydrogen-bond acceptors (Lipinski definition) is 4. The Morgan fingerprint density at radius 3 is 2.45 bits per heavy atom. The number of benzene rings is 1. The van der Waals surface area contributed by atoms with Crippen LogP contribution in [0, 0.1) is 6.92 Å². The number of aryl methyl sites for hydroxylation is 1. The van der Waals surface area contributed by atoms with Crippen LogP contribution in [0.5, 0.6) is 0 Å². The first-order chi connectivity index (χ1) is 9.07. The molecule has 0 aromatic heterocycles. The van der Waals surface area contributed by atoms with Gasteiger partial charge < -0.3 is 5.32 Å². The Morgan fingerprint density at radius 2 is 1.90 bits per heavy atom. The summed E-state index contributed by atoms with van der Waals surface area (Å²) in [5.41, 5.74) is 2.53. The van der Waals surface area contributed by atoms with Gasteiger partial charge in [0.1, 0.15) is 9.84 Å². The molecule has 5 heteroatoms. The Balaban J connectivity index is 2.74. The zero-order valence-corrected chi connectivity index (χ0v) is 14.6. The molecule has 0 aliphatic carbocycles. The highest BCUT2D eigenvalue weighted by molar-refractivity contribution is 8.00. The molecule has 114 valence electrons. The molecule has 1 N–H and O–H groups in total. The molecule has 1 rings (SSSR count). The third kappa shape index (κ3) is 7.31. The van der Waals surface area contributed by atoms with Gasteiger partial charge in [0.2, 0.25) is 0 Å². The van der Waals surface area contributed by atoms with Gasteiger partial charge in [0.25, 0.3) is 0 Å². The zero-order chi connectivity index (χ0) is 15.4. The number of thioether (sulfide) groups is 1. The van der Waals surface area contributed by atoms with Crippen LogP contribution in [-0.4, -0.2) is 31.7 Å². The minimum absolute atomic E-state index is 0.0679. The van der Waals surface area contributed by atoms with E-state index in [-0.39, 0.29) is 11.3 Å². The Labute approximate surface area is 127 Å². The molecule has 0 amide bonds. The average Bonchev–Trinajstić information content (AvgIpc) is 2.26. The first-order valence-corrected chi connectivity index (χ1v) is 9.76. The van der Waals surface area contributed by atoms with E-state index in [1.165, 1.54) is 17.4 Å². The summed E-state index contributed by atoms with van der Waals surface area (Å²) in [7, 11) is -2.89. The van der Waals surface area contributed by atoms with Crippen LogP contribution in [0.25, 0.3) is 0 Å². The minimum atomic E-state index is -2.89. The van der Waals surface area contributed by atoms with Crippen molar-refractivity contribution in [2.75, 3.05) is 17.8 Å². The summed E-state index contributed by atoms with van der Waals surface area (Å²) >= 11 is 1.61. The molecule has 1 aromatic rings. The summed E-state index contributed by atoms with van der Waals surface area (Å²) in [6.45, 7) is 9.29. The first kappa shape index (κ1) is 17.5. The summed E-state index contributed by atoms with van der Waals surface area (Å²) < 4.78 is 22.4. The lowest BCUT2D eigenvalue weighted by molar-refractivity contribution is 0.422. The fraction of sp³-hybridized carbons (Fsp3) is 0.600. The largest absolute Gasteiger partial charge is 0.308 e. The van der Waals surface area contributed by atoms with Crippen molar-refractivity contribution < 1.29 is 8.42 Å². The highest BCUT2D eigenvalue weighted by atomic mass is 32.2. The fourth-order valence-corrected chi connectivity index (χ4v) is 3.90. The summed E-state index contributed by atoms with van der Waals surface area (Å²) in [6, 6.07) is 6.33. The van der Waals surface area contributed by atoms with E-state index in [4.69, 9.17) is 0 Å². The fourth-order valence-electron chi connectivity index (χ4n) is 1.65. The van der Waals surface area contributed by atoms with E-state index >= 15 is 0 Å². The van der Waals surface area contributed by atoms with Crippen LogP contribution in [0.2, 0.25) is 0 Å². The van der Waals surface area contributed by atoms with Gasteiger partial charge in [0, 0.05) is 29.0 Å². The van der Waals surface area contributed by atoms with Gasteiger partial charge in [-0.05, 0) is 39.3 Å². The molecule has 0 atom stereocenters. The molecule has 1 aromatic carbocycles. The third-order valence-corrected chi connectivity index (χ3v) is 5.06. The third-order valence-electron chi connectivity index (χ3n) is 2.74. The molecule has 0 radical (unpaired) electrons. The van der Waals surface area contributed by atoms with E-state index in [0.29, 0.717) is 5.75 Å². The second kappa shape index (κ2) is 6.96. The van der Waals surface area contributed by atoms with Crippen molar-refractivity contribution in [2.24, 2.45) is 0 Å². The number of hydrogen-bond donors (Lipinski definition) is 1. The van der Waals surface area contributed by atoms with Crippen LogP contribution in [0.1, 0.15) is 31.9 Å². The van der Waals surface area contributed by atoms with Crippen LogP contribution in [0.3, 0.4) is 0 Å². The molecule has 0 spiro atoms. The van der Waals surface area contributed by atoms with Crippen LogP contribution in [0.4, 0.5) is 0 Å². The number of sulfone groups is 1. The first-order valence-electron chi connectivity index (χ1n) is 6.72. The second-order valence-electron chi connectivity index (χ2n) is 6.19. The van der Waals surface area contributed by atoms with E-state index in [1.807, 2.05) is 0 Å². The molecule has 3 nitrogen and oxygen atoms in total. The van der Waals surface area contributed by atoms with Crippen molar-refractivity contribution >= 4 is 21.6 Å². The van der Waals surface area contributed by atoms with Crippen LogP contribution >= 0.6 is 11.8 Å². The Bertz CT molecular complexity index is 545. The van der Waals surface area contributed by atoms with Gasteiger partial charge >= 0.3 is 0 Å². The lowest BCUT2D eigenvalue weighted by Crippen LogP contribution is -2.35. The van der Waals surface area contributed by atoms with E-state index in [1.54, 1.807) is 11.8 Å². The van der Waals surface area contributed by atoms with Gasteiger partial charge in [-0.1, -0.05) is 17.7 Å². The predicted molar refractivity (Wildman–Crippen MR) is 88.2 cm³/mol. The topological polar surface area (TPSA) is 46.2 Å². The molecule has 0 fully saturated rings. The lowest BCUT2D eigenvalue weighted by Gasteiger charge is -2.22. The molecule has 20 heavy (non-hydrogen) atoms. The smallest absolute Gasteiger partial charge is 0.148 e. The highest BCUT2D eigenvalue weighted by Crippen LogP contribution is 2.24. The molecule has 0 saturated heterocycles. The van der Waals surface area contributed by atoms with Crippen LogP contribution < -0.4 is 5.32 Å². The summed E-state index contributed by atoms with van der Waals surface area (Å²) in [6.07, 6.45) is 1.28. The van der Waals surface area contributed by atoms with Crippen molar-refractivity contribution in [2.45, 2.75) is 44.7 Å². The van der Waals surface area contributed by atoms with Gasteiger partial charge in [0.05, 0.1) is 5.75 Å². The molecule has 0 bridgehead atoms. The second-order valence-corrected chi connectivity index (χ2v) is 9.59. The summed E-state index contributed by atoms with van der Waals surface area (Å²) in [5.74, 6) is 0.822. The maximum atomic E-state index is 11.2. The van der Waals surface area contributed by atoms with Crippen LogP contribution in [0.15, 0.2) is 23.1 Å². The van der Waals surface area contributed by atoms with Gasteiger partial charge in [-0.2, -0.15) is 0 Å². The quantitative estimate of drug-likeness (QED) is 0.820. The molecule has 0 saturated carbocycles. The predicted octanol–water partition coefficient (Wildman–Crippen LogP) is 3.02. The van der Waals surface area contributed by atoms with Crippen molar-refractivity contribution in [1.29, 1.82) is 0 Å². The van der Waals surface area contributed by atoms with Crippen molar-refractivity contribution in [3.63, 3.8) is 0 Å². The van der Waals surface area contributed by atoms with Gasteiger partial charge in [-0.25, -0.2) is 8.42 Å². The molecular formula is C15H25NO2S2. The van der Waals surface area contributed by atoms with Crippen LogP contribution in [-0.2, 0) is 16.4 Å². The molecular weight excluding hydrogens is 290 g/mol. The van der Waals surface area contributed by atoms with Crippen molar-refractivity contribution in [3.8, 4) is 0 Å². The number of rotatable bonds is 6. The van der Waals surface area contributed by atoms with E-state index in [9.17, 15) is 8.42 Å². The van der Waals surface area contributed by atoms with Gasteiger partial charge in [-0.15, -0.1) is 11.8 Å². The molecule has 0 heterocycles. The average molecular weight is 316 g/mol. The zero-order valence-electron chi connectivity index (χ0n) is 13.0. The molecule has 0 unspecified atom stereocenters. The van der Waals surface area contributed by atoms with Crippen molar-refractivity contribution in [1.82, 2.24) is 5.32 Å². The van der Waals surface area contributed by atoms with E-state index in [2.05, 4.69) is 51.2 Å². The lowest BCUT2D eigenvalue weighted by atomic mass is 10.1. The van der Waals surface area contributed by atoms with Gasteiger partial charge in [0.15, 0.2) is 0 Å². The number of nitrogens with one attached hydrogen (secondary N) is 1. The Morgan fingerprint density at radius 1 is 1.25 bits per heavy atom. The maximum absolute atomic E-state index is 11.2. The highest BCUT2D eigenvalue weighted by Gasteiger charge is 2.11. The Kier molecular flexibility index (Phi) is 6.10. The summed E-state index contributed by atoms with van der Waals surface area (Å²) in [4.78, 5) is 1.16. The minimum Gasteiger partial charge on any atom is -0.308 e. The van der Waals surface area contributed by atoms with E-state index in [0.717, 1.165) is 11.4 Å². The van der Waals surface area contributed by atoms with Crippen molar-refractivity contribution in [3.05, 3.63) is 29.3 Å². The van der Waals surface area contributed by atoms with E-state index < -0.39 is 9.84 Å². The SMILES string of the molecule is Cc1ccc(SCCS(C)(=O)=O)c(CNC(C)(C)C)c1. The Hall–Kier alpha value is -0.520. The molecule has 0 aliphatic rings. The molecule has 0 aliphatic heterocycles.